The number of rotatable bonds is 9. The Balaban J connectivity index is 0. The molecule has 1 rings (SSSR count). The molecule has 104 valence electrons. The quantitative estimate of drug-likeness (QED) is 0.357. The van der Waals surface area contributed by atoms with Crippen LogP contribution in [0.25, 0.3) is 0 Å². The fourth-order valence-corrected chi connectivity index (χ4v) is 1.65. The summed E-state index contributed by atoms with van der Waals surface area (Å²) in [6.07, 6.45) is 5.01. The van der Waals surface area contributed by atoms with E-state index in [-0.39, 0.29) is 40.0 Å². The Morgan fingerprint density at radius 1 is 1.11 bits per heavy atom. The summed E-state index contributed by atoms with van der Waals surface area (Å²) in [5.41, 5.74) is 0. The van der Waals surface area contributed by atoms with E-state index in [9.17, 15) is 0 Å². The monoisotopic (exact) mass is 337 g/mol. The van der Waals surface area contributed by atoms with Gasteiger partial charge in [0.05, 0.1) is 6.61 Å². The van der Waals surface area contributed by atoms with Crippen molar-refractivity contribution in [2.45, 2.75) is 32.6 Å². The summed E-state index contributed by atoms with van der Waals surface area (Å²) >= 11 is 0. The second kappa shape index (κ2) is 14.6. The predicted molar refractivity (Wildman–Crippen MR) is 78.2 cm³/mol. The molecule has 0 spiro atoms. The molecule has 0 aromatic heterocycles. The van der Waals surface area contributed by atoms with Gasteiger partial charge in [-0.05, 0) is 33.0 Å². The summed E-state index contributed by atoms with van der Waals surface area (Å²) in [7, 11) is 2.18. The number of hydrogen-bond acceptors (Lipinski definition) is 2. The van der Waals surface area contributed by atoms with E-state index in [0.29, 0.717) is 0 Å². The number of benzene rings is 1. The van der Waals surface area contributed by atoms with Gasteiger partial charge in [0, 0.05) is 5.75 Å². The molecule has 2 nitrogen and oxygen atoms in total. The maximum atomic E-state index is 5.62. The third-order valence-electron chi connectivity index (χ3n) is 2.93. The van der Waals surface area contributed by atoms with Crippen molar-refractivity contribution in [3.63, 3.8) is 0 Å². The minimum absolute atomic E-state index is 0. The summed E-state index contributed by atoms with van der Waals surface area (Å²) in [6.45, 7) is 5.39. The molecule has 1 aromatic rings. The van der Waals surface area contributed by atoms with Crippen molar-refractivity contribution < 1.29 is 21.7 Å². The molecule has 1 aromatic carbocycles. The summed E-state index contributed by atoms with van der Waals surface area (Å²) in [5.74, 6) is 0.953. The third-order valence-corrected chi connectivity index (χ3v) is 2.93. The van der Waals surface area contributed by atoms with Crippen LogP contribution in [0.5, 0.6) is 5.75 Å². The zero-order valence-electron chi connectivity index (χ0n) is 12.2. The van der Waals surface area contributed by atoms with E-state index in [2.05, 4.69) is 24.9 Å². The molecule has 0 saturated heterocycles. The Bertz CT molecular complexity index is 285. The SMILES string of the molecule is CCN(C)CCCCCCOc1cc[c-]cc1.[Br-].[Mg+2]. The van der Waals surface area contributed by atoms with E-state index >= 15 is 0 Å². The maximum Gasteiger partial charge on any atom is 2.00 e. The standard InChI is InChI=1S/C15H24NO.BrH.Mg/c1-3-16(2)13-9-4-5-10-14-17-15-11-7-6-8-12-15;;/h7-8,11-12H,3-5,9-10,13-14H2,1-2H3;1H;/q-1;;+2/p-1. The van der Waals surface area contributed by atoms with Gasteiger partial charge in [0.15, 0.2) is 0 Å². The van der Waals surface area contributed by atoms with Crippen molar-refractivity contribution in [3.05, 3.63) is 30.3 Å². The molecule has 0 radical (unpaired) electrons. The van der Waals surface area contributed by atoms with Crippen molar-refractivity contribution in [1.82, 2.24) is 4.90 Å². The van der Waals surface area contributed by atoms with Gasteiger partial charge in [0.25, 0.3) is 0 Å². The minimum Gasteiger partial charge on any atom is -1.00 e. The molecule has 0 fully saturated rings. The fraction of sp³-hybridized carbons (Fsp3) is 0.600. The first-order valence-corrected chi connectivity index (χ1v) is 6.60. The van der Waals surface area contributed by atoms with Crippen LogP contribution in [0.4, 0.5) is 0 Å². The Kier molecular flexibility index (Phi) is 16.6. The first-order chi connectivity index (χ1) is 8.33. The van der Waals surface area contributed by atoms with Gasteiger partial charge in [-0.15, -0.1) is 12.1 Å². The Hall–Kier alpha value is 0.226. The molecular weight excluding hydrogens is 314 g/mol. The minimum atomic E-state index is 0. The number of unbranched alkanes of at least 4 members (excludes halogenated alkanes) is 3. The zero-order chi connectivity index (χ0) is 12.3. The number of nitrogens with zero attached hydrogens (tertiary/aromatic N) is 1. The van der Waals surface area contributed by atoms with E-state index in [1.54, 1.807) is 0 Å². The van der Waals surface area contributed by atoms with E-state index in [1.807, 2.05) is 24.3 Å². The molecule has 19 heavy (non-hydrogen) atoms. The summed E-state index contributed by atoms with van der Waals surface area (Å²) in [5, 5.41) is 0. The first-order valence-electron chi connectivity index (χ1n) is 6.60. The van der Waals surface area contributed by atoms with E-state index in [0.717, 1.165) is 25.3 Å². The van der Waals surface area contributed by atoms with Crippen LogP contribution in [-0.2, 0) is 0 Å². The maximum absolute atomic E-state index is 5.62. The van der Waals surface area contributed by atoms with Crippen LogP contribution in [-0.4, -0.2) is 54.7 Å². The van der Waals surface area contributed by atoms with Crippen LogP contribution in [0.15, 0.2) is 24.3 Å². The van der Waals surface area contributed by atoms with Crippen molar-refractivity contribution in [2.75, 3.05) is 26.7 Å². The van der Waals surface area contributed by atoms with Gasteiger partial charge >= 0.3 is 23.1 Å². The molecule has 0 aliphatic rings. The number of ether oxygens (including phenoxy) is 1. The topological polar surface area (TPSA) is 12.5 Å². The third kappa shape index (κ3) is 11.7. The molecule has 0 N–H and O–H groups in total. The molecular formula is C15H24BrMgNO. The first kappa shape index (κ1) is 21.5. The second-order valence-electron chi connectivity index (χ2n) is 4.39. The van der Waals surface area contributed by atoms with E-state index in [4.69, 9.17) is 4.74 Å². The fourth-order valence-electron chi connectivity index (χ4n) is 1.65. The molecule has 4 heteroatoms. The average Bonchev–Trinajstić information content (AvgIpc) is 2.38. The summed E-state index contributed by atoms with van der Waals surface area (Å²) in [6, 6.07) is 10.7. The molecule has 0 bridgehead atoms. The van der Waals surface area contributed by atoms with Crippen molar-refractivity contribution >= 4 is 23.1 Å². The number of hydrogen-bond donors (Lipinski definition) is 0. The van der Waals surface area contributed by atoms with Gasteiger partial charge in [0.2, 0.25) is 0 Å². The molecule has 0 unspecified atom stereocenters. The van der Waals surface area contributed by atoms with Crippen LogP contribution in [0.3, 0.4) is 0 Å². The Morgan fingerprint density at radius 2 is 1.74 bits per heavy atom. The van der Waals surface area contributed by atoms with Gasteiger partial charge in [-0.2, -0.15) is 18.2 Å². The van der Waals surface area contributed by atoms with Crippen LogP contribution in [0, 0.1) is 6.07 Å². The average molecular weight is 339 g/mol. The number of halogens is 1. The second-order valence-corrected chi connectivity index (χ2v) is 4.39. The predicted octanol–water partition coefficient (Wildman–Crippen LogP) is 0.000890. The zero-order valence-corrected chi connectivity index (χ0v) is 15.2. The van der Waals surface area contributed by atoms with Crippen molar-refractivity contribution in [3.8, 4) is 5.75 Å². The largest absolute Gasteiger partial charge is 2.00 e. The smallest absolute Gasteiger partial charge is 1.00 e. The normalized spacial score (nSPS) is 9.63. The van der Waals surface area contributed by atoms with Gasteiger partial charge in [-0.25, -0.2) is 0 Å². The Labute approximate surface area is 144 Å². The van der Waals surface area contributed by atoms with Gasteiger partial charge in [0.1, 0.15) is 0 Å². The van der Waals surface area contributed by atoms with E-state index in [1.165, 1.54) is 25.8 Å². The van der Waals surface area contributed by atoms with Crippen LogP contribution in [0.1, 0.15) is 32.6 Å². The summed E-state index contributed by atoms with van der Waals surface area (Å²) < 4.78 is 5.62. The molecule has 0 saturated carbocycles. The summed E-state index contributed by atoms with van der Waals surface area (Å²) in [4.78, 5) is 2.36. The van der Waals surface area contributed by atoms with Gasteiger partial charge in [-0.3, -0.25) is 0 Å². The van der Waals surface area contributed by atoms with Crippen molar-refractivity contribution in [1.29, 1.82) is 0 Å². The molecule has 0 atom stereocenters. The molecule has 0 heterocycles. The van der Waals surface area contributed by atoms with Gasteiger partial charge < -0.3 is 26.6 Å². The molecule has 0 aliphatic carbocycles. The van der Waals surface area contributed by atoms with Crippen LogP contribution >= 0.6 is 0 Å². The molecule has 0 amide bonds. The Morgan fingerprint density at radius 3 is 2.37 bits per heavy atom. The van der Waals surface area contributed by atoms with E-state index < -0.39 is 0 Å². The molecule has 0 aliphatic heterocycles. The van der Waals surface area contributed by atoms with Crippen LogP contribution in [0.2, 0.25) is 0 Å². The van der Waals surface area contributed by atoms with Crippen molar-refractivity contribution in [2.24, 2.45) is 0 Å². The van der Waals surface area contributed by atoms with Crippen LogP contribution < -0.4 is 21.7 Å². The van der Waals surface area contributed by atoms with Gasteiger partial charge in [-0.1, -0.05) is 19.8 Å².